The lowest BCUT2D eigenvalue weighted by atomic mass is 9.96. The first-order valence-electron chi connectivity index (χ1n) is 44.8. The van der Waals surface area contributed by atoms with Gasteiger partial charge in [-0.25, -0.2) is 29.9 Å². The van der Waals surface area contributed by atoms with E-state index in [2.05, 4.69) is 99.8 Å². The lowest BCUT2D eigenvalue weighted by Crippen LogP contribution is -2.31. The molecule has 30 heteroatoms. The number of amides is 6. The Hall–Kier alpha value is -13.4. The van der Waals surface area contributed by atoms with Crippen LogP contribution in [0.1, 0.15) is 154 Å². The molecule has 14 aromatic rings. The van der Waals surface area contributed by atoms with Crippen LogP contribution < -0.4 is 20.1 Å². The molecule has 13 aromatic heterocycles. The Morgan fingerprint density at radius 3 is 0.930 bits per heavy atom. The number of benzene rings is 1. The van der Waals surface area contributed by atoms with Crippen molar-refractivity contribution in [3.8, 4) is 11.5 Å². The van der Waals surface area contributed by atoms with Crippen LogP contribution in [0.2, 0.25) is 0 Å². The Bertz CT molecular complexity index is 6750. The summed E-state index contributed by atoms with van der Waals surface area (Å²) >= 11 is 0. The summed E-state index contributed by atoms with van der Waals surface area (Å²) in [7, 11) is -0.500. The molecule has 129 heavy (non-hydrogen) atoms. The molecule has 6 aliphatic rings. The quantitative estimate of drug-likeness (QED) is 0.103. The second kappa shape index (κ2) is 39.0. The SMILES string of the molecule is CCN1CCCCCn2cc(c3cccnc32)C2=C(C(=O)N(Cc3ccc(OC)cc3OC)C2=O)c2cn(c3ncccc23)CCCC1.CCN1CCCCCn2cc(c3cccnc32)C2=C(C(=O)NC2=O)c2cn(c3ncccc23)CCCC1.CS(=O)(=O)O.O=C1NC(=O)C2=C1c1cn(c3ncccc13)CCCCc1cccc(n1)CCCCn1cc2c2cccnc21. The molecular formula is C99H106N18O11S. The van der Waals surface area contributed by atoms with Crippen LogP contribution in [-0.4, -0.2) is 185 Å². The number of hydrogen-bond acceptors (Lipinski definition) is 19. The van der Waals surface area contributed by atoms with Crippen molar-refractivity contribution in [1.82, 2.24) is 87.6 Å². The summed E-state index contributed by atoms with van der Waals surface area (Å²) in [5.74, 6) is -0.971. The van der Waals surface area contributed by atoms with Crippen LogP contribution >= 0.6 is 0 Å². The largest absolute Gasteiger partial charge is 0.497 e. The van der Waals surface area contributed by atoms with E-state index >= 15 is 0 Å². The average Bonchev–Trinajstić information content (AvgIpc) is 1.57. The Morgan fingerprint density at radius 1 is 0.357 bits per heavy atom. The van der Waals surface area contributed by atoms with Crippen molar-refractivity contribution < 1.29 is 51.2 Å². The molecule has 0 aliphatic carbocycles. The number of nitrogens with one attached hydrogen (secondary N) is 2. The number of aromatic nitrogens is 13. The fourth-order valence-electron chi connectivity index (χ4n) is 18.9. The molecule has 1 aromatic carbocycles. The highest BCUT2D eigenvalue weighted by atomic mass is 32.2. The van der Waals surface area contributed by atoms with Crippen molar-refractivity contribution in [2.24, 2.45) is 0 Å². The highest BCUT2D eigenvalue weighted by Crippen LogP contribution is 2.45. The van der Waals surface area contributed by atoms with Crippen molar-refractivity contribution >= 4 is 145 Å². The maximum Gasteiger partial charge on any atom is 0.262 e. The molecule has 14 bridgehead atoms. The van der Waals surface area contributed by atoms with Crippen LogP contribution in [0.3, 0.4) is 0 Å². The van der Waals surface area contributed by atoms with Gasteiger partial charge in [-0.3, -0.25) is 53.8 Å². The smallest absolute Gasteiger partial charge is 0.262 e. The number of aryl methyl sites for hydroxylation is 8. The summed E-state index contributed by atoms with van der Waals surface area (Å²) in [5.41, 5.74) is 14.7. The number of carbonyl (C=O) groups excluding carboxylic acids is 6. The molecule has 29 nitrogen and oxygen atoms in total. The van der Waals surface area contributed by atoms with E-state index in [0.29, 0.717) is 56.8 Å². The van der Waals surface area contributed by atoms with E-state index in [0.717, 1.165) is 292 Å². The van der Waals surface area contributed by atoms with E-state index in [4.69, 9.17) is 29.0 Å². The van der Waals surface area contributed by atoms with Crippen molar-refractivity contribution in [2.45, 2.75) is 162 Å². The predicted octanol–water partition coefficient (Wildman–Crippen LogP) is 14.6. The number of fused-ring (bicyclic) bond motifs is 38. The minimum atomic E-state index is -3.67. The topological polar surface area (TPSA) is 329 Å². The molecule has 6 aliphatic heterocycles. The molecule has 3 N–H and O–H groups in total. The molecule has 0 saturated heterocycles. The molecule has 0 radical (unpaired) electrons. The monoisotopic (exact) mass is 1750 g/mol. The van der Waals surface area contributed by atoms with E-state index in [1.54, 1.807) is 57.5 Å². The lowest BCUT2D eigenvalue weighted by Gasteiger charge is -2.20. The third-order valence-electron chi connectivity index (χ3n) is 25.2. The van der Waals surface area contributed by atoms with E-state index in [-0.39, 0.29) is 42.0 Å². The summed E-state index contributed by atoms with van der Waals surface area (Å²) in [6.45, 7) is 15.7. The Morgan fingerprint density at radius 2 is 0.636 bits per heavy atom. The highest BCUT2D eigenvalue weighted by Gasteiger charge is 2.44. The third kappa shape index (κ3) is 18.6. The fraction of sp³-hybridized carbons (Fsp3) is 0.343. The van der Waals surface area contributed by atoms with Gasteiger partial charge in [0.05, 0.1) is 60.5 Å². The number of methoxy groups -OCH3 is 2. The summed E-state index contributed by atoms with van der Waals surface area (Å²) in [4.78, 5) is 122. The van der Waals surface area contributed by atoms with Crippen LogP contribution in [0.5, 0.6) is 11.5 Å². The van der Waals surface area contributed by atoms with Gasteiger partial charge in [-0.1, -0.05) is 32.8 Å². The van der Waals surface area contributed by atoms with Gasteiger partial charge in [0, 0.05) is 202 Å². The number of nitrogens with zero attached hydrogens (tertiary/aromatic N) is 16. The first-order valence-corrected chi connectivity index (χ1v) is 46.7. The average molecular weight is 1760 g/mol. The van der Waals surface area contributed by atoms with Gasteiger partial charge < -0.3 is 46.7 Å². The molecule has 664 valence electrons. The van der Waals surface area contributed by atoms with E-state index in [9.17, 15) is 37.2 Å². The first kappa shape index (κ1) is 87.6. The molecule has 0 spiro atoms. The van der Waals surface area contributed by atoms with Crippen molar-refractivity contribution in [1.29, 1.82) is 0 Å². The number of hydrogen-bond donors (Lipinski definition) is 3. The van der Waals surface area contributed by atoms with Gasteiger partial charge in [0.25, 0.3) is 45.6 Å². The number of rotatable bonds is 6. The van der Waals surface area contributed by atoms with Gasteiger partial charge >= 0.3 is 0 Å². The Labute approximate surface area is 747 Å². The number of ether oxygens (including phenoxy) is 2. The minimum Gasteiger partial charge on any atom is -0.497 e. The van der Waals surface area contributed by atoms with Crippen molar-refractivity contribution in [2.75, 3.05) is 59.7 Å². The molecule has 0 atom stereocenters. The van der Waals surface area contributed by atoms with Gasteiger partial charge in [0.15, 0.2) is 0 Å². The van der Waals surface area contributed by atoms with Crippen LogP contribution in [0, 0.1) is 0 Å². The number of carbonyl (C=O) groups is 6. The molecular weight excluding hydrogens is 1650 g/mol. The third-order valence-corrected chi connectivity index (χ3v) is 25.2. The van der Waals surface area contributed by atoms with Crippen LogP contribution in [0.25, 0.3) is 99.6 Å². The Kier molecular flexibility index (Phi) is 26.5. The van der Waals surface area contributed by atoms with Crippen molar-refractivity contribution in [3.05, 3.63) is 234 Å². The molecule has 6 amide bonds. The molecule has 20 rings (SSSR count). The zero-order valence-electron chi connectivity index (χ0n) is 73.4. The summed E-state index contributed by atoms with van der Waals surface area (Å²) in [6, 6.07) is 35.0. The second-order valence-electron chi connectivity index (χ2n) is 33.5. The van der Waals surface area contributed by atoms with Crippen LogP contribution in [-0.2, 0) is 97.5 Å². The summed E-state index contributed by atoms with van der Waals surface area (Å²) in [5, 5.41) is 10.3. The fourth-order valence-corrected chi connectivity index (χ4v) is 18.9. The number of pyridine rings is 7. The zero-order valence-corrected chi connectivity index (χ0v) is 74.2. The van der Waals surface area contributed by atoms with Gasteiger partial charge in [-0.05, 0) is 226 Å². The Balaban J connectivity index is 0.000000133. The second-order valence-corrected chi connectivity index (χ2v) is 35.0. The summed E-state index contributed by atoms with van der Waals surface area (Å²) in [6.07, 6.45) is 39.9. The summed E-state index contributed by atoms with van der Waals surface area (Å²) < 4.78 is 49.7. The maximum atomic E-state index is 14.7. The van der Waals surface area contributed by atoms with E-state index < -0.39 is 10.1 Å². The first-order chi connectivity index (χ1) is 62.8. The van der Waals surface area contributed by atoms with Gasteiger partial charge in [-0.2, -0.15) is 8.42 Å². The van der Waals surface area contributed by atoms with Crippen molar-refractivity contribution in [3.63, 3.8) is 0 Å². The van der Waals surface area contributed by atoms with Gasteiger partial charge in [-0.15, -0.1) is 0 Å². The molecule has 19 heterocycles. The predicted molar refractivity (Wildman–Crippen MR) is 498 cm³/mol. The number of imide groups is 3. The minimum absolute atomic E-state index is 0.0551. The van der Waals surface area contributed by atoms with Gasteiger partial charge in [0.2, 0.25) is 0 Å². The lowest BCUT2D eigenvalue weighted by molar-refractivity contribution is -0.137. The maximum absolute atomic E-state index is 14.7. The van der Waals surface area contributed by atoms with E-state index in [1.165, 1.54) is 4.90 Å². The normalized spacial score (nSPS) is 16.9. The van der Waals surface area contributed by atoms with Crippen LogP contribution in [0.15, 0.2) is 184 Å². The molecule has 0 unspecified atom stereocenters. The van der Waals surface area contributed by atoms with Crippen LogP contribution in [0.4, 0.5) is 0 Å². The molecule has 0 saturated carbocycles. The highest BCUT2D eigenvalue weighted by molar-refractivity contribution is 7.85. The van der Waals surface area contributed by atoms with Gasteiger partial charge in [0.1, 0.15) is 45.4 Å². The zero-order chi connectivity index (χ0) is 89.4. The standard InChI is InChI=1S/C38H42N6O4.C31H28N6O2.C29H32N6O2.CH4O3S/c1-4-41-18-6-5-7-20-42-24-30(28-12-10-16-39-35(28)42)33-34(31-25-43(21-9-8-19-41)36-29(31)13-11-17-40-36)38(46)44(37(33)45)23-26-14-15-27(47-2)22-32(26)48-3;38-30-26-24-18-36(28-22(24)12-6-14-32-28)16-3-1-8-20-10-5-11-21(34-20)9-2-4-17-37-19-25(27(26)31(39)35-30)23-13-7-15-33-29(23)37;1-2-33-14-4-3-5-16-34-18-22(20-10-8-12-30-26(20)34)24-25(29(37)32-28(24)36)23-19-35(17-7-6-15-33)27-21(23)11-9-13-31-27;1-5(2,3)4/h10-17,22,24-25H,4-9,18-21,23H2,1-3H3;5-7,10-15,18-19H,1-4,8-9,16-17H2,(H,35,38,39);8-13,18-19H,2-7,14-17H2,1H3,(H,32,36,37);1H3,(H,2,3,4). The van der Waals surface area contributed by atoms with E-state index in [1.807, 2.05) is 122 Å². The molecule has 0 fully saturated rings.